The molecule has 0 aliphatic heterocycles. The van der Waals surface area contributed by atoms with Gasteiger partial charge in [0.2, 0.25) is 5.91 Å². The van der Waals surface area contributed by atoms with Crippen molar-refractivity contribution in [1.82, 2.24) is 5.32 Å². The van der Waals surface area contributed by atoms with E-state index in [9.17, 15) is 9.59 Å². The monoisotopic (exact) mass is 251 g/mol. The van der Waals surface area contributed by atoms with Gasteiger partial charge in [-0.05, 0) is 19.9 Å². The number of carboxylic acid groups (broad SMARTS) is 1. The molecule has 0 radical (unpaired) electrons. The van der Waals surface area contributed by atoms with Crippen LogP contribution in [0.1, 0.15) is 18.1 Å². The molecule has 1 aromatic carbocycles. The van der Waals surface area contributed by atoms with Crippen LogP contribution in [0.2, 0.25) is 0 Å². The van der Waals surface area contributed by atoms with Crippen molar-refractivity contribution in [1.29, 1.82) is 0 Å². The summed E-state index contributed by atoms with van der Waals surface area (Å²) >= 11 is 0. The zero-order chi connectivity index (χ0) is 13.7. The van der Waals surface area contributed by atoms with Gasteiger partial charge in [0, 0.05) is 12.1 Å². The fraction of sp³-hybridized carbons (Fsp3) is 0.385. The molecule has 0 spiro atoms. The van der Waals surface area contributed by atoms with E-state index in [1.165, 1.54) is 6.92 Å². The fourth-order valence-corrected chi connectivity index (χ4v) is 1.49. The third kappa shape index (κ3) is 3.48. The summed E-state index contributed by atoms with van der Waals surface area (Å²) in [5.41, 5.74) is 1.87. The van der Waals surface area contributed by atoms with Gasteiger partial charge < -0.3 is 15.2 Å². The van der Waals surface area contributed by atoms with E-state index in [2.05, 4.69) is 5.32 Å². The molecule has 0 saturated carbocycles. The molecule has 1 amide bonds. The fourth-order valence-electron chi connectivity index (χ4n) is 1.49. The lowest BCUT2D eigenvalue weighted by Crippen LogP contribution is -2.33. The smallest absolute Gasteiger partial charge is 0.315 e. The second kappa shape index (κ2) is 6.05. The highest BCUT2D eigenvalue weighted by Gasteiger charge is 2.20. The molecule has 18 heavy (non-hydrogen) atoms. The quantitative estimate of drug-likeness (QED) is 0.774. The Balaban J connectivity index is 2.71. The first-order valence-corrected chi connectivity index (χ1v) is 5.59. The molecule has 1 atom stereocenters. The minimum Gasteiger partial charge on any atom is -0.496 e. The van der Waals surface area contributed by atoms with E-state index < -0.39 is 17.8 Å². The molecule has 0 aliphatic carbocycles. The number of carboxylic acids is 1. The minimum absolute atomic E-state index is 0.251. The van der Waals surface area contributed by atoms with Crippen molar-refractivity contribution in [2.75, 3.05) is 7.11 Å². The standard InChI is InChI=1S/C13H17NO4/c1-8-4-5-11(18-3)10(6-8)7-14-12(15)9(2)13(16)17/h4-6,9H,7H2,1-3H3,(H,14,15)(H,16,17). The number of carbonyl (C=O) groups excluding carboxylic acids is 1. The SMILES string of the molecule is COc1ccc(C)cc1CNC(=O)C(C)C(=O)O. The first kappa shape index (κ1) is 14.0. The highest BCUT2D eigenvalue weighted by atomic mass is 16.5. The molecule has 0 bridgehead atoms. The topological polar surface area (TPSA) is 75.6 Å². The summed E-state index contributed by atoms with van der Waals surface area (Å²) in [6.07, 6.45) is 0. The Morgan fingerprint density at radius 3 is 2.67 bits per heavy atom. The van der Waals surface area contributed by atoms with Gasteiger partial charge in [-0.3, -0.25) is 9.59 Å². The molecular weight excluding hydrogens is 234 g/mol. The summed E-state index contributed by atoms with van der Waals surface area (Å²) in [4.78, 5) is 22.2. The van der Waals surface area contributed by atoms with Crippen LogP contribution in [0.15, 0.2) is 18.2 Å². The van der Waals surface area contributed by atoms with Crippen LogP contribution in [0.4, 0.5) is 0 Å². The van der Waals surface area contributed by atoms with E-state index in [-0.39, 0.29) is 6.54 Å². The maximum absolute atomic E-state index is 11.5. The largest absolute Gasteiger partial charge is 0.496 e. The van der Waals surface area contributed by atoms with E-state index in [1.807, 2.05) is 25.1 Å². The summed E-state index contributed by atoms with van der Waals surface area (Å²) in [7, 11) is 1.55. The molecule has 0 aromatic heterocycles. The van der Waals surface area contributed by atoms with Crippen LogP contribution in [0, 0.1) is 12.8 Å². The number of hydrogen-bond donors (Lipinski definition) is 2. The predicted molar refractivity (Wildman–Crippen MR) is 66.4 cm³/mol. The number of hydrogen-bond acceptors (Lipinski definition) is 3. The molecule has 0 aliphatic rings. The predicted octanol–water partition coefficient (Wildman–Crippen LogP) is 1.34. The molecule has 98 valence electrons. The molecule has 1 unspecified atom stereocenters. The zero-order valence-corrected chi connectivity index (χ0v) is 10.7. The van der Waals surface area contributed by atoms with E-state index in [1.54, 1.807) is 7.11 Å². The van der Waals surface area contributed by atoms with Crippen LogP contribution in [0.5, 0.6) is 5.75 Å². The number of methoxy groups -OCH3 is 1. The number of rotatable bonds is 5. The van der Waals surface area contributed by atoms with Crippen LogP contribution >= 0.6 is 0 Å². The zero-order valence-electron chi connectivity index (χ0n) is 10.7. The average Bonchev–Trinajstić information content (AvgIpc) is 2.35. The number of carbonyl (C=O) groups is 2. The van der Waals surface area contributed by atoms with E-state index >= 15 is 0 Å². The third-order valence-corrected chi connectivity index (χ3v) is 2.65. The average molecular weight is 251 g/mol. The number of nitrogens with one attached hydrogen (secondary N) is 1. The number of ether oxygens (including phenoxy) is 1. The second-order valence-electron chi connectivity index (χ2n) is 4.09. The third-order valence-electron chi connectivity index (χ3n) is 2.65. The van der Waals surface area contributed by atoms with Crippen molar-refractivity contribution in [3.8, 4) is 5.75 Å². The first-order valence-electron chi connectivity index (χ1n) is 5.59. The molecular formula is C13H17NO4. The number of aryl methyl sites for hydroxylation is 1. The Kier molecular flexibility index (Phi) is 4.71. The van der Waals surface area contributed by atoms with Crippen LogP contribution in [-0.2, 0) is 16.1 Å². The summed E-state index contributed by atoms with van der Waals surface area (Å²) in [5.74, 6) is -2.03. The van der Waals surface area contributed by atoms with Crippen LogP contribution in [0.3, 0.4) is 0 Å². The van der Waals surface area contributed by atoms with Gasteiger partial charge >= 0.3 is 5.97 Å². The van der Waals surface area contributed by atoms with E-state index in [0.29, 0.717) is 5.75 Å². The van der Waals surface area contributed by atoms with E-state index in [0.717, 1.165) is 11.1 Å². The molecule has 0 fully saturated rings. The van der Waals surface area contributed by atoms with Crippen molar-refractivity contribution in [3.63, 3.8) is 0 Å². The van der Waals surface area contributed by atoms with Crippen LogP contribution in [0.25, 0.3) is 0 Å². The maximum Gasteiger partial charge on any atom is 0.315 e. The van der Waals surface area contributed by atoms with Gasteiger partial charge in [-0.2, -0.15) is 0 Å². The molecule has 1 rings (SSSR count). The summed E-state index contributed by atoms with van der Waals surface area (Å²) in [5, 5.41) is 11.3. The summed E-state index contributed by atoms with van der Waals surface area (Å²) in [6.45, 7) is 3.54. The summed E-state index contributed by atoms with van der Waals surface area (Å²) in [6, 6.07) is 5.62. The Hall–Kier alpha value is -2.04. The molecule has 1 aromatic rings. The minimum atomic E-state index is -1.14. The van der Waals surface area contributed by atoms with Gasteiger partial charge in [0.25, 0.3) is 0 Å². The lowest BCUT2D eigenvalue weighted by atomic mass is 10.1. The van der Waals surface area contributed by atoms with Crippen LogP contribution in [-0.4, -0.2) is 24.1 Å². The maximum atomic E-state index is 11.5. The normalized spacial score (nSPS) is 11.7. The van der Waals surface area contributed by atoms with Gasteiger partial charge in [0.05, 0.1) is 7.11 Å². The van der Waals surface area contributed by atoms with Crippen molar-refractivity contribution < 1.29 is 19.4 Å². The van der Waals surface area contributed by atoms with Gasteiger partial charge in [-0.25, -0.2) is 0 Å². The van der Waals surface area contributed by atoms with Gasteiger partial charge in [0.1, 0.15) is 11.7 Å². The Morgan fingerprint density at radius 1 is 1.44 bits per heavy atom. The van der Waals surface area contributed by atoms with Crippen molar-refractivity contribution in [2.45, 2.75) is 20.4 Å². The highest BCUT2D eigenvalue weighted by molar-refractivity contribution is 5.96. The van der Waals surface area contributed by atoms with Gasteiger partial charge in [0.15, 0.2) is 0 Å². The Morgan fingerprint density at radius 2 is 2.11 bits per heavy atom. The first-order chi connectivity index (χ1) is 8.45. The lowest BCUT2D eigenvalue weighted by Gasteiger charge is -2.12. The summed E-state index contributed by atoms with van der Waals surface area (Å²) < 4.78 is 5.17. The van der Waals surface area contributed by atoms with Crippen LogP contribution < -0.4 is 10.1 Å². The number of benzene rings is 1. The molecule has 0 heterocycles. The van der Waals surface area contributed by atoms with E-state index in [4.69, 9.17) is 9.84 Å². The molecule has 5 heteroatoms. The van der Waals surface area contributed by atoms with Crippen molar-refractivity contribution in [2.24, 2.45) is 5.92 Å². The number of amides is 1. The molecule has 2 N–H and O–H groups in total. The number of aliphatic carboxylic acids is 1. The van der Waals surface area contributed by atoms with Gasteiger partial charge in [-0.1, -0.05) is 17.7 Å². The Bertz CT molecular complexity index is 456. The molecule has 0 saturated heterocycles. The van der Waals surface area contributed by atoms with Gasteiger partial charge in [-0.15, -0.1) is 0 Å². The van der Waals surface area contributed by atoms with Crippen molar-refractivity contribution >= 4 is 11.9 Å². The Labute approximate surface area is 106 Å². The lowest BCUT2D eigenvalue weighted by molar-refractivity contribution is -0.146. The second-order valence-corrected chi connectivity index (χ2v) is 4.09. The van der Waals surface area contributed by atoms with Crippen molar-refractivity contribution in [3.05, 3.63) is 29.3 Å². The highest BCUT2D eigenvalue weighted by Crippen LogP contribution is 2.19. The molecule has 5 nitrogen and oxygen atoms in total.